The van der Waals surface area contributed by atoms with Crippen LogP contribution in [0.15, 0.2) is 84.9 Å². The molecule has 4 aromatic rings. The maximum absolute atomic E-state index is 13.2. The maximum atomic E-state index is 13.2. The molecule has 3 aromatic carbocycles. The van der Waals surface area contributed by atoms with Gasteiger partial charge >= 0.3 is 0 Å². The van der Waals surface area contributed by atoms with Crippen LogP contribution in [0.5, 0.6) is 5.75 Å². The van der Waals surface area contributed by atoms with Crippen molar-refractivity contribution in [2.75, 3.05) is 23.4 Å². The maximum Gasteiger partial charge on any atom is 0.251 e. The lowest BCUT2D eigenvalue weighted by Crippen LogP contribution is -2.37. The highest BCUT2D eigenvalue weighted by Gasteiger charge is 2.32. The summed E-state index contributed by atoms with van der Waals surface area (Å²) in [5.41, 5.74) is 4.71. The lowest BCUT2D eigenvalue weighted by Gasteiger charge is -2.32. The molecular weight excluding hydrogens is 440 g/mol. The number of rotatable bonds is 7. The van der Waals surface area contributed by atoms with Gasteiger partial charge in [-0.2, -0.15) is 4.68 Å². The second-order valence-electron chi connectivity index (χ2n) is 8.26. The summed E-state index contributed by atoms with van der Waals surface area (Å²) in [7, 11) is 0. The molecule has 0 aliphatic carbocycles. The zero-order valence-electron chi connectivity index (χ0n) is 19.6. The van der Waals surface area contributed by atoms with E-state index < -0.39 is 0 Å². The molecular formula is C27H26N6O2. The van der Waals surface area contributed by atoms with Crippen LogP contribution in [-0.2, 0) is 4.79 Å². The van der Waals surface area contributed by atoms with Crippen LogP contribution in [0.3, 0.4) is 0 Å². The van der Waals surface area contributed by atoms with Crippen LogP contribution >= 0.6 is 0 Å². The molecule has 2 heterocycles. The summed E-state index contributed by atoms with van der Waals surface area (Å²) in [6, 6.07) is 25.5. The molecule has 1 aliphatic rings. The number of amides is 1. The van der Waals surface area contributed by atoms with Gasteiger partial charge in [0.05, 0.1) is 18.0 Å². The Balaban J connectivity index is 1.50. The smallest absolute Gasteiger partial charge is 0.251 e. The Labute approximate surface area is 203 Å². The molecule has 1 N–H and O–H groups in total. The largest absolute Gasteiger partial charge is 0.492 e. The molecule has 0 radical (unpaired) electrons. The van der Waals surface area contributed by atoms with Crippen LogP contribution in [0, 0.1) is 6.92 Å². The van der Waals surface area contributed by atoms with Crippen LogP contribution in [0.25, 0.3) is 5.70 Å². The lowest BCUT2D eigenvalue weighted by atomic mass is 10.00. The van der Waals surface area contributed by atoms with Crippen molar-refractivity contribution < 1.29 is 9.53 Å². The highest BCUT2D eigenvalue weighted by molar-refractivity contribution is 5.98. The summed E-state index contributed by atoms with van der Waals surface area (Å²) in [6.45, 7) is 4.51. The van der Waals surface area contributed by atoms with Crippen LogP contribution < -0.4 is 15.0 Å². The number of hydrogen-bond donors (Lipinski definition) is 1. The molecule has 176 valence electrons. The number of carbonyl (C=O) groups is 1. The highest BCUT2D eigenvalue weighted by Crippen LogP contribution is 2.36. The normalized spacial score (nSPS) is 14.7. The zero-order chi connectivity index (χ0) is 24.2. The monoisotopic (exact) mass is 466 g/mol. The van der Waals surface area contributed by atoms with E-state index in [4.69, 9.17) is 4.74 Å². The van der Waals surface area contributed by atoms with Gasteiger partial charge in [-0.25, -0.2) is 0 Å². The Hall–Kier alpha value is -4.46. The summed E-state index contributed by atoms with van der Waals surface area (Å²) < 4.78 is 7.41. The summed E-state index contributed by atoms with van der Waals surface area (Å²) in [5.74, 6) is 0.928. The first-order chi connectivity index (χ1) is 17.1. The molecule has 0 unspecified atom stereocenters. The Morgan fingerprint density at radius 2 is 1.74 bits per heavy atom. The average molecular weight is 467 g/mol. The lowest BCUT2D eigenvalue weighted by molar-refractivity contribution is -0.114. The molecule has 1 aliphatic heterocycles. The van der Waals surface area contributed by atoms with E-state index >= 15 is 0 Å². The SMILES string of the molecule is CCOc1ccccc1NC(=O)CN1C(c2ccccc2)=C[C@@H](c2ccc(C)cc2)n2nnnc21. The number of para-hydroxylation sites is 2. The first-order valence-corrected chi connectivity index (χ1v) is 11.5. The van der Waals surface area contributed by atoms with Crippen molar-refractivity contribution in [3.63, 3.8) is 0 Å². The second-order valence-corrected chi connectivity index (χ2v) is 8.26. The number of aryl methyl sites for hydroxylation is 1. The molecule has 0 fully saturated rings. The molecule has 5 rings (SSSR count). The van der Waals surface area contributed by atoms with E-state index in [0.29, 0.717) is 24.0 Å². The molecule has 0 bridgehead atoms. The quantitative estimate of drug-likeness (QED) is 0.433. The van der Waals surface area contributed by atoms with Crippen LogP contribution in [0.1, 0.15) is 29.7 Å². The molecule has 0 saturated heterocycles. The van der Waals surface area contributed by atoms with Gasteiger partial charge in [0.2, 0.25) is 5.91 Å². The molecule has 35 heavy (non-hydrogen) atoms. The fourth-order valence-electron chi connectivity index (χ4n) is 4.17. The van der Waals surface area contributed by atoms with Gasteiger partial charge in [0.25, 0.3) is 5.95 Å². The Morgan fingerprint density at radius 3 is 2.51 bits per heavy atom. The number of aromatic nitrogens is 4. The Morgan fingerprint density at radius 1 is 1.00 bits per heavy atom. The van der Waals surface area contributed by atoms with Crippen molar-refractivity contribution in [2.24, 2.45) is 0 Å². The topological polar surface area (TPSA) is 85.2 Å². The van der Waals surface area contributed by atoms with E-state index in [2.05, 4.69) is 58.1 Å². The van der Waals surface area contributed by atoms with Gasteiger partial charge in [-0.3, -0.25) is 9.69 Å². The van der Waals surface area contributed by atoms with Crippen molar-refractivity contribution in [1.29, 1.82) is 0 Å². The first-order valence-electron chi connectivity index (χ1n) is 11.5. The van der Waals surface area contributed by atoms with Crippen LogP contribution in [-0.4, -0.2) is 39.3 Å². The van der Waals surface area contributed by atoms with E-state index in [-0.39, 0.29) is 18.5 Å². The highest BCUT2D eigenvalue weighted by atomic mass is 16.5. The number of anilines is 2. The molecule has 1 aromatic heterocycles. The third-order valence-electron chi connectivity index (χ3n) is 5.84. The van der Waals surface area contributed by atoms with Gasteiger partial charge in [-0.05, 0) is 53.6 Å². The van der Waals surface area contributed by atoms with Crippen molar-refractivity contribution in [2.45, 2.75) is 19.9 Å². The average Bonchev–Trinajstić information content (AvgIpc) is 3.37. The third-order valence-corrected chi connectivity index (χ3v) is 5.84. The first kappa shape index (κ1) is 22.3. The van der Waals surface area contributed by atoms with Gasteiger partial charge in [-0.15, -0.1) is 0 Å². The van der Waals surface area contributed by atoms with Crippen molar-refractivity contribution in [3.8, 4) is 5.75 Å². The number of tetrazole rings is 1. The van der Waals surface area contributed by atoms with E-state index in [1.165, 1.54) is 5.56 Å². The van der Waals surface area contributed by atoms with E-state index in [1.807, 2.05) is 66.4 Å². The molecule has 8 nitrogen and oxygen atoms in total. The van der Waals surface area contributed by atoms with Crippen molar-refractivity contribution >= 4 is 23.2 Å². The Bertz CT molecular complexity index is 1350. The molecule has 8 heteroatoms. The minimum atomic E-state index is -0.206. The Kier molecular flexibility index (Phi) is 6.26. The molecule has 1 atom stereocenters. The molecule has 1 amide bonds. The van der Waals surface area contributed by atoms with Crippen molar-refractivity contribution in [3.05, 3.63) is 102 Å². The fourth-order valence-corrected chi connectivity index (χ4v) is 4.17. The summed E-state index contributed by atoms with van der Waals surface area (Å²) >= 11 is 0. The number of ether oxygens (including phenoxy) is 1. The number of fused-ring (bicyclic) bond motifs is 1. The van der Waals surface area contributed by atoms with Gasteiger partial charge in [-0.1, -0.05) is 77.4 Å². The number of nitrogens with zero attached hydrogens (tertiary/aromatic N) is 5. The summed E-state index contributed by atoms with van der Waals surface area (Å²) in [6.07, 6.45) is 2.10. The summed E-state index contributed by atoms with van der Waals surface area (Å²) in [5, 5.41) is 15.5. The van der Waals surface area contributed by atoms with Crippen LogP contribution in [0.4, 0.5) is 11.6 Å². The second kappa shape index (κ2) is 9.80. The van der Waals surface area contributed by atoms with Gasteiger partial charge in [0, 0.05) is 0 Å². The van der Waals surface area contributed by atoms with Gasteiger partial charge < -0.3 is 10.1 Å². The fraction of sp³-hybridized carbons (Fsp3) is 0.185. The number of carbonyl (C=O) groups excluding carboxylic acids is 1. The number of allylic oxidation sites excluding steroid dienone is 1. The van der Waals surface area contributed by atoms with Gasteiger partial charge in [0.15, 0.2) is 0 Å². The minimum absolute atomic E-state index is 0.0299. The minimum Gasteiger partial charge on any atom is -0.492 e. The molecule has 0 spiro atoms. The molecule has 0 saturated carbocycles. The zero-order valence-corrected chi connectivity index (χ0v) is 19.6. The van der Waals surface area contributed by atoms with Crippen LogP contribution in [0.2, 0.25) is 0 Å². The van der Waals surface area contributed by atoms with Gasteiger partial charge in [0.1, 0.15) is 18.3 Å². The number of nitrogens with one attached hydrogen (secondary N) is 1. The number of benzene rings is 3. The van der Waals surface area contributed by atoms with E-state index in [9.17, 15) is 4.79 Å². The predicted molar refractivity (Wildman–Crippen MR) is 135 cm³/mol. The predicted octanol–water partition coefficient (Wildman–Crippen LogP) is 4.47. The van der Waals surface area contributed by atoms with E-state index in [1.54, 1.807) is 4.68 Å². The number of hydrogen-bond acceptors (Lipinski definition) is 6. The van der Waals surface area contributed by atoms with E-state index in [0.717, 1.165) is 16.8 Å². The summed E-state index contributed by atoms with van der Waals surface area (Å²) in [4.78, 5) is 15.1. The standard InChI is InChI=1S/C27H26N6O2/c1-3-35-25-12-8-7-11-22(25)28-26(34)18-32-23(20-9-5-4-6-10-20)17-24(33-27(32)29-30-31-33)21-15-13-19(2)14-16-21/h4-17,24H,3,18H2,1-2H3,(H,28,34)/t24-/m0/s1. The van der Waals surface area contributed by atoms with Crippen molar-refractivity contribution in [1.82, 2.24) is 20.2 Å². The third kappa shape index (κ3) is 4.63.